The minimum Gasteiger partial charge on any atom is -0.329 e. The summed E-state index contributed by atoms with van der Waals surface area (Å²) in [7, 11) is 0. The second-order valence-corrected chi connectivity index (χ2v) is 8.13. The molecule has 2 aliphatic rings. The number of rotatable bonds is 4. The molecule has 0 aromatic carbocycles. The molecule has 140 valence electrons. The van der Waals surface area contributed by atoms with E-state index in [0.29, 0.717) is 11.0 Å². The Balaban J connectivity index is 2.26. The van der Waals surface area contributed by atoms with Crippen LogP contribution >= 0.6 is 23.4 Å². The summed E-state index contributed by atoms with van der Waals surface area (Å²) in [5, 5.41) is 10.3. The Hall–Kier alpha value is -1.33. The van der Waals surface area contributed by atoms with Crippen LogP contribution in [0.3, 0.4) is 0 Å². The van der Waals surface area contributed by atoms with Crippen LogP contribution in [0.5, 0.6) is 0 Å². The molecule has 0 spiro atoms. The fourth-order valence-electron chi connectivity index (χ4n) is 4.19. The van der Waals surface area contributed by atoms with E-state index < -0.39 is 0 Å². The van der Waals surface area contributed by atoms with Crippen LogP contribution in [0.2, 0.25) is 0 Å². The number of hydrogen-bond acceptors (Lipinski definition) is 3. The van der Waals surface area contributed by atoms with E-state index >= 15 is 0 Å². The smallest absolute Gasteiger partial charge is 0.148 e. The Morgan fingerprint density at radius 2 is 2.04 bits per heavy atom. The zero-order chi connectivity index (χ0) is 18.7. The molecule has 0 atom stereocenters. The van der Waals surface area contributed by atoms with Crippen LogP contribution in [0.4, 0.5) is 0 Å². The molecule has 0 radical (unpaired) electrons. The second kappa shape index (κ2) is 8.13. The van der Waals surface area contributed by atoms with Gasteiger partial charge in [0.25, 0.3) is 0 Å². The van der Waals surface area contributed by atoms with Crippen molar-refractivity contribution >= 4 is 40.5 Å². The number of aromatic nitrogens is 1. The normalized spacial score (nSPS) is 21.0. The van der Waals surface area contributed by atoms with Gasteiger partial charge in [-0.1, -0.05) is 38.3 Å². The average molecular weight is 391 g/mol. The Kier molecular flexibility index (Phi) is 6.08. The topological polar surface area (TPSA) is 53.5 Å². The summed E-state index contributed by atoms with van der Waals surface area (Å²) in [6.45, 7) is 4.39. The Morgan fingerprint density at radius 1 is 1.31 bits per heavy atom. The summed E-state index contributed by atoms with van der Waals surface area (Å²) in [5.74, 6) is 0.504. The molecule has 3 rings (SSSR count). The van der Waals surface area contributed by atoms with E-state index in [1.807, 2.05) is 18.5 Å². The van der Waals surface area contributed by atoms with Crippen LogP contribution in [0.1, 0.15) is 69.3 Å². The van der Waals surface area contributed by atoms with E-state index in [1.54, 1.807) is 11.8 Å². The fraction of sp³-hybridized carbons (Fsp3) is 0.550. The molecule has 0 saturated carbocycles. The maximum absolute atomic E-state index is 8.81. The third-order valence-electron chi connectivity index (χ3n) is 5.22. The van der Waals surface area contributed by atoms with Gasteiger partial charge in [-0.05, 0) is 50.5 Å². The number of amidine groups is 1. The first-order valence-electron chi connectivity index (χ1n) is 9.44. The minimum absolute atomic E-state index is 0.342. The number of aliphatic imine (C=N–C) groups is 2. The van der Waals surface area contributed by atoms with Crippen molar-refractivity contribution in [3.05, 3.63) is 34.2 Å². The molecule has 0 unspecified atom stereocenters. The maximum atomic E-state index is 8.81. The number of fused-ring (bicyclic) bond motifs is 3. The largest absolute Gasteiger partial charge is 0.329 e. The number of thioether (sulfide) groups is 1. The highest BCUT2D eigenvalue weighted by Gasteiger charge is 2.42. The van der Waals surface area contributed by atoms with Crippen LogP contribution < -0.4 is 0 Å². The first kappa shape index (κ1) is 19.4. The molecule has 0 bridgehead atoms. The van der Waals surface area contributed by atoms with Gasteiger partial charge in [-0.15, -0.1) is 11.8 Å². The molecular weight excluding hydrogens is 364 g/mol. The van der Waals surface area contributed by atoms with Crippen molar-refractivity contribution in [3.63, 3.8) is 0 Å². The van der Waals surface area contributed by atoms with Gasteiger partial charge < -0.3 is 4.57 Å². The van der Waals surface area contributed by atoms with E-state index in [1.165, 1.54) is 5.69 Å². The number of nitrogens with zero attached hydrogens (tertiary/aromatic N) is 3. The predicted molar refractivity (Wildman–Crippen MR) is 114 cm³/mol. The molecule has 26 heavy (non-hydrogen) atoms. The molecule has 4 nitrogen and oxygen atoms in total. The van der Waals surface area contributed by atoms with Crippen molar-refractivity contribution in [1.29, 1.82) is 5.41 Å². The lowest BCUT2D eigenvalue weighted by Gasteiger charge is -2.40. The fourth-order valence-corrected chi connectivity index (χ4v) is 4.89. The Labute approximate surface area is 165 Å². The summed E-state index contributed by atoms with van der Waals surface area (Å²) in [6.07, 6.45) is 12.8. The molecular formula is C20H27ClN4S. The monoisotopic (exact) mass is 390 g/mol. The van der Waals surface area contributed by atoms with Crippen LogP contribution in [0.25, 0.3) is 0 Å². The molecule has 1 aromatic rings. The van der Waals surface area contributed by atoms with Crippen LogP contribution in [-0.4, -0.2) is 27.9 Å². The van der Waals surface area contributed by atoms with Gasteiger partial charge in [0.1, 0.15) is 21.6 Å². The highest BCUT2D eigenvalue weighted by atomic mass is 35.5. The first-order valence-corrected chi connectivity index (χ1v) is 11.0. The Morgan fingerprint density at radius 3 is 2.69 bits per heavy atom. The van der Waals surface area contributed by atoms with Crippen LogP contribution in [-0.2, 0) is 12.0 Å². The summed E-state index contributed by atoms with van der Waals surface area (Å²) in [4.78, 5) is 9.14. The van der Waals surface area contributed by atoms with E-state index in [9.17, 15) is 0 Å². The molecule has 6 heteroatoms. The van der Waals surface area contributed by atoms with Crippen molar-refractivity contribution in [2.75, 3.05) is 6.26 Å². The third-order valence-corrected chi connectivity index (χ3v) is 6.15. The number of halogens is 1. The van der Waals surface area contributed by atoms with E-state index in [-0.39, 0.29) is 5.54 Å². The predicted octanol–water partition coefficient (Wildman–Crippen LogP) is 5.72. The average Bonchev–Trinajstić information content (AvgIpc) is 3.01. The summed E-state index contributed by atoms with van der Waals surface area (Å²) >= 11 is 7.80. The quantitative estimate of drug-likeness (QED) is 0.656. The molecule has 0 saturated heterocycles. The van der Waals surface area contributed by atoms with Crippen LogP contribution in [0.15, 0.2) is 27.3 Å². The van der Waals surface area contributed by atoms with Crippen molar-refractivity contribution in [2.24, 2.45) is 9.98 Å². The van der Waals surface area contributed by atoms with Gasteiger partial charge in [0, 0.05) is 17.5 Å². The zero-order valence-electron chi connectivity index (χ0n) is 15.8. The van der Waals surface area contributed by atoms with Crippen LogP contribution in [0, 0.1) is 5.41 Å². The van der Waals surface area contributed by atoms with Crippen molar-refractivity contribution in [2.45, 2.75) is 64.3 Å². The molecule has 1 N–H and O–H groups in total. The molecule has 0 aliphatic carbocycles. The highest BCUT2D eigenvalue weighted by Crippen LogP contribution is 2.40. The third kappa shape index (κ3) is 3.31. The highest BCUT2D eigenvalue weighted by molar-refractivity contribution is 8.13. The molecule has 3 heterocycles. The van der Waals surface area contributed by atoms with Gasteiger partial charge in [-0.25, -0.2) is 9.98 Å². The van der Waals surface area contributed by atoms with Gasteiger partial charge in [0.05, 0.1) is 5.69 Å². The molecule has 2 aliphatic heterocycles. The second-order valence-electron chi connectivity index (χ2n) is 6.95. The van der Waals surface area contributed by atoms with Gasteiger partial charge in [0.2, 0.25) is 0 Å². The molecule has 0 fully saturated rings. The van der Waals surface area contributed by atoms with Gasteiger partial charge in [0.15, 0.2) is 0 Å². The first-order chi connectivity index (χ1) is 12.6. The van der Waals surface area contributed by atoms with Crippen molar-refractivity contribution in [3.8, 4) is 0 Å². The Bertz CT molecular complexity index is 782. The lowest BCUT2D eigenvalue weighted by atomic mass is 9.85. The number of hydrogen-bond donors (Lipinski definition) is 1. The summed E-state index contributed by atoms with van der Waals surface area (Å²) in [6, 6.07) is 2.19. The maximum Gasteiger partial charge on any atom is 0.148 e. The van der Waals surface area contributed by atoms with Gasteiger partial charge >= 0.3 is 0 Å². The van der Waals surface area contributed by atoms with Gasteiger partial charge in [-0.3, -0.25) is 5.41 Å². The lowest BCUT2D eigenvalue weighted by molar-refractivity contribution is 0.323. The van der Waals surface area contributed by atoms with E-state index in [2.05, 4.69) is 29.5 Å². The zero-order valence-corrected chi connectivity index (χ0v) is 17.4. The SMILES string of the molecule is CCCC1(CCC)C(=N)N=C(SC)c2cc3c(n21)CCC/C=C(/Cl)N=C3. The van der Waals surface area contributed by atoms with Crippen molar-refractivity contribution < 1.29 is 0 Å². The lowest BCUT2D eigenvalue weighted by Crippen LogP contribution is -2.46. The van der Waals surface area contributed by atoms with E-state index in [4.69, 9.17) is 22.0 Å². The standard InChI is InChI=1S/C20H27ClN4S/c1-4-10-20(11-5-2)19(22)24-18(26-3)16-12-14-13-23-17(21)9-7-6-8-15(14)25(16)20/h9,12-13,22H,4-8,10-11H2,1-3H3/b17-9-,22-19?,23-13?. The molecule has 0 amide bonds. The van der Waals surface area contributed by atoms with E-state index in [0.717, 1.165) is 61.2 Å². The minimum atomic E-state index is -0.342. The molecule has 1 aromatic heterocycles. The summed E-state index contributed by atoms with van der Waals surface area (Å²) < 4.78 is 2.43. The number of nitrogens with one attached hydrogen (secondary N) is 1. The summed E-state index contributed by atoms with van der Waals surface area (Å²) in [5.41, 5.74) is 3.18. The number of allylic oxidation sites excluding steroid dienone is 1. The van der Waals surface area contributed by atoms with Crippen molar-refractivity contribution in [1.82, 2.24) is 4.57 Å². The van der Waals surface area contributed by atoms with Gasteiger partial charge in [-0.2, -0.15) is 0 Å².